The van der Waals surface area contributed by atoms with Crippen LogP contribution in [-0.2, 0) is 4.79 Å². The third kappa shape index (κ3) is 1.83. The van der Waals surface area contributed by atoms with Crippen molar-refractivity contribution in [2.45, 2.75) is 0 Å². The molecule has 0 bridgehead atoms. The van der Waals surface area contributed by atoms with Crippen LogP contribution >= 0.6 is 0 Å². The minimum atomic E-state index is -0.753. The predicted octanol–water partition coefficient (Wildman–Crippen LogP) is 1.34. The molecule has 0 saturated heterocycles. The van der Waals surface area contributed by atoms with E-state index in [0.29, 0.717) is 16.4 Å². The second-order valence-corrected chi connectivity index (χ2v) is 4.19. The molecule has 0 aliphatic carbocycles. The number of fused-ring (bicyclic) bond motifs is 2. The van der Waals surface area contributed by atoms with Crippen molar-refractivity contribution in [3.8, 4) is 0 Å². The maximum Gasteiger partial charge on any atom is 0.318 e. The average molecular weight is 250 g/mol. The summed E-state index contributed by atoms with van der Waals surface area (Å²) in [4.78, 5) is 22.6. The number of para-hydroxylation sites is 1. The number of rotatable bonds is 1. The van der Waals surface area contributed by atoms with Gasteiger partial charge in [-0.2, -0.15) is 0 Å². The minimum Gasteiger partial charge on any atom is -0.361 e. The van der Waals surface area contributed by atoms with Crippen molar-refractivity contribution in [2.75, 3.05) is 5.32 Å². The number of amides is 1. The van der Waals surface area contributed by atoms with Crippen LogP contribution in [0.4, 0.5) is 5.69 Å². The molecule has 0 spiro atoms. The molecule has 1 amide bonds. The van der Waals surface area contributed by atoms with Crippen molar-refractivity contribution in [3.05, 3.63) is 69.4 Å². The highest BCUT2D eigenvalue weighted by Gasteiger charge is 2.18. The van der Waals surface area contributed by atoms with Crippen LogP contribution in [0.15, 0.2) is 53.7 Å². The van der Waals surface area contributed by atoms with Crippen LogP contribution in [0.3, 0.4) is 0 Å². The second-order valence-electron chi connectivity index (χ2n) is 4.19. The van der Waals surface area contributed by atoms with E-state index in [1.807, 2.05) is 48.7 Å². The molecule has 0 fully saturated rings. The summed E-state index contributed by atoms with van der Waals surface area (Å²) in [7, 11) is 0. The highest BCUT2D eigenvalue weighted by Crippen LogP contribution is 2.23. The monoisotopic (exact) mass is 250 g/mol. The Kier molecular flexibility index (Phi) is 2.68. The normalized spacial score (nSPS) is 12.3. The zero-order valence-electron chi connectivity index (χ0n) is 9.96. The smallest absolute Gasteiger partial charge is 0.318 e. The molecule has 0 radical (unpaired) electrons. The maximum absolute atomic E-state index is 11.9. The van der Waals surface area contributed by atoms with Crippen LogP contribution in [0.5, 0.6) is 0 Å². The van der Waals surface area contributed by atoms with Crippen LogP contribution in [-0.4, -0.2) is 5.91 Å². The number of nitroso groups, excluding NO2 is 1. The maximum atomic E-state index is 11.9. The van der Waals surface area contributed by atoms with Gasteiger partial charge in [0.2, 0.25) is 0 Å². The van der Waals surface area contributed by atoms with Crippen LogP contribution < -0.4 is 15.8 Å². The first-order valence-electron chi connectivity index (χ1n) is 5.84. The van der Waals surface area contributed by atoms with E-state index < -0.39 is 5.91 Å². The van der Waals surface area contributed by atoms with E-state index in [1.165, 1.54) is 0 Å². The van der Waals surface area contributed by atoms with E-state index >= 15 is 0 Å². The van der Waals surface area contributed by atoms with Crippen LogP contribution in [0, 0.1) is 4.91 Å². The molecule has 0 aromatic heterocycles. The zero-order valence-corrected chi connectivity index (χ0v) is 9.96. The minimum absolute atomic E-state index is 0.336. The highest BCUT2D eigenvalue weighted by atomic mass is 16.3. The number of benzene rings is 2. The third-order valence-corrected chi connectivity index (χ3v) is 3.11. The van der Waals surface area contributed by atoms with Gasteiger partial charge in [0, 0.05) is 22.6 Å². The Morgan fingerprint density at radius 3 is 2.58 bits per heavy atom. The first kappa shape index (κ1) is 11.3. The number of carbonyl (C=O) groups is 1. The molecule has 4 heteroatoms. The van der Waals surface area contributed by atoms with Crippen LogP contribution in [0.1, 0.15) is 5.56 Å². The van der Waals surface area contributed by atoms with Gasteiger partial charge in [0.15, 0.2) is 0 Å². The molecular formula is C15H10N2O2. The van der Waals surface area contributed by atoms with E-state index in [9.17, 15) is 9.70 Å². The summed E-state index contributed by atoms with van der Waals surface area (Å²) in [6.07, 6.45) is 1.82. The van der Waals surface area contributed by atoms with E-state index in [-0.39, 0.29) is 0 Å². The molecule has 1 aliphatic heterocycles. The lowest BCUT2D eigenvalue weighted by molar-refractivity contribution is -0.112. The zero-order chi connectivity index (χ0) is 13.2. The molecule has 1 heterocycles. The Bertz CT molecular complexity index is 794. The molecule has 3 rings (SSSR count). The fourth-order valence-corrected chi connectivity index (χ4v) is 2.25. The van der Waals surface area contributed by atoms with E-state index in [1.54, 1.807) is 6.07 Å². The van der Waals surface area contributed by atoms with Crippen molar-refractivity contribution < 1.29 is 4.79 Å². The molecule has 0 atom stereocenters. The topological polar surface area (TPSA) is 58.5 Å². The fourth-order valence-electron chi connectivity index (χ4n) is 2.25. The lowest BCUT2D eigenvalue weighted by Crippen LogP contribution is -2.28. The number of nitrogens with zero attached hydrogens (tertiary/aromatic N) is 1. The van der Waals surface area contributed by atoms with Crippen molar-refractivity contribution in [1.82, 2.24) is 0 Å². The second kappa shape index (κ2) is 4.49. The Hall–Kier alpha value is -2.75. The molecule has 4 nitrogen and oxygen atoms in total. The Balaban J connectivity index is 2.49. The summed E-state index contributed by atoms with van der Waals surface area (Å²) in [5.74, 6) is -0.753. The lowest BCUT2D eigenvalue weighted by atomic mass is 10.0. The van der Waals surface area contributed by atoms with Gasteiger partial charge < -0.3 is 5.32 Å². The van der Waals surface area contributed by atoms with Gasteiger partial charge in [-0.1, -0.05) is 42.5 Å². The van der Waals surface area contributed by atoms with E-state index in [2.05, 4.69) is 10.5 Å². The molecule has 2 aromatic rings. The predicted molar refractivity (Wildman–Crippen MR) is 73.5 cm³/mol. The summed E-state index contributed by atoms with van der Waals surface area (Å²) in [6, 6.07) is 14.8. The summed E-state index contributed by atoms with van der Waals surface area (Å²) in [5, 5.41) is 7.30. The van der Waals surface area contributed by atoms with Crippen LogP contribution in [0.25, 0.3) is 11.8 Å². The van der Waals surface area contributed by atoms with Gasteiger partial charge in [-0.3, -0.25) is 4.79 Å². The molecule has 2 aromatic carbocycles. The number of nitrogens with one attached hydrogen (secondary N) is 1. The fraction of sp³-hybridized carbons (Fsp3) is 0. The Labute approximate surface area is 109 Å². The number of hydrogen-bond acceptors (Lipinski definition) is 3. The molecule has 0 unspecified atom stereocenters. The summed E-state index contributed by atoms with van der Waals surface area (Å²) in [6.45, 7) is 0. The summed E-state index contributed by atoms with van der Waals surface area (Å²) < 4.78 is 0. The third-order valence-electron chi connectivity index (χ3n) is 3.11. The first-order valence-corrected chi connectivity index (χ1v) is 5.84. The van der Waals surface area contributed by atoms with Crippen molar-refractivity contribution in [1.29, 1.82) is 0 Å². The Morgan fingerprint density at radius 2 is 1.74 bits per heavy atom. The standard InChI is InChI=1S/C15H10N2O2/c18-15(17-19)14-11-6-2-1-5-10(11)9-16-13-8-4-3-7-12(13)14/h1-9,16H. The number of hydrogen-bond donors (Lipinski definition) is 1. The molecule has 19 heavy (non-hydrogen) atoms. The number of anilines is 1. The molecular weight excluding hydrogens is 240 g/mol. The van der Waals surface area contributed by atoms with Gasteiger partial charge in [-0.05, 0) is 16.5 Å². The molecule has 0 saturated carbocycles. The van der Waals surface area contributed by atoms with E-state index in [4.69, 9.17) is 0 Å². The molecule has 92 valence electrons. The van der Waals surface area contributed by atoms with E-state index in [0.717, 1.165) is 10.9 Å². The average Bonchev–Trinajstić information content (AvgIpc) is 2.63. The van der Waals surface area contributed by atoms with Gasteiger partial charge in [0.25, 0.3) is 0 Å². The van der Waals surface area contributed by atoms with Gasteiger partial charge in [0.05, 0.1) is 5.57 Å². The lowest BCUT2D eigenvalue weighted by Gasteiger charge is -2.07. The van der Waals surface area contributed by atoms with Gasteiger partial charge >= 0.3 is 5.91 Å². The summed E-state index contributed by atoms with van der Waals surface area (Å²) in [5.41, 5.74) is 1.81. The van der Waals surface area contributed by atoms with Gasteiger partial charge in [-0.25, -0.2) is 0 Å². The van der Waals surface area contributed by atoms with Gasteiger partial charge in [-0.15, -0.1) is 4.91 Å². The highest BCUT2D eigenvalue weighted by molar-refractivity contribution is 6.21. The van der Waals surface area contributed by atoms with Crippen molar-refractivity contribution >= 4 is 23.4 Å². The SMILES string of the molecule is O=NC(=O)C1=c2ccccc2=CNc2ccccc21. The molecule has 1 N–H and O–H groups in total. The van der Waals surface area contributed by atoms with Crippen molar-refractivity contribution in [2.24, 2.45) is 5.18 Å². The quantitative estimate of drug-likeness (QED) is 0.777. The largest absolute Gasteiger partial charge is 0.361 e. The number of carbonyl (C=O) groups excluding carboxylic acids is 1. The summed E-state index contributed by atoms with van der Waals surface area (Å²) >= 11 is 0. The van der Waals surface area contributed by atoms with Crippen LogP contribution in [0.2, 0.25) is 0 Å². The van der Waals surface area contributed by atoms with Gasteiger partial charge in [0.1, 0.15) is 0 Å². The van der Waals surface area contributed by atoms with Crippen molar-refractivity contribution in [3.63, 3.8) is 0 Å². The molecule has 1 aliphatic rings. The Morgan fingerprint density at radius 1 is 1.00 bits per heavy atom. The first-order chi connectivity index (χ1) is 9.31.